The topological polar surface area (TPSA) is 41.6 Å². The van der Waals surface area contributed by atoms with Gasteiger partial charge in [0.05, 0.1) is 0 Å². The normalized spacial score (nSPS) is 30.3. The summed E-state index contributed by atoms with van der Waals surface area (Å²) in [5.41, 5.74) is -0.583. The highest BCUT2D eigenvalue weighted by atomic mass is 16.5. The first kappa shape index (κ1) is 9.48. The quantitative estimate of drug-likeness (QED) is 0.622. The van der Waals surface area contributed by atoms with E-state index in [0.717, 1.165) is 6.54 Å². The van der Waals surface area contributed by atoms with Gasteiger partial charge in [0.1, 0.15) is 0 Å². The van der Waals surface area contributed by atoms with E-state index in [1.54, 1.807) is 7.11 Å². The van der Waals surface area contributed by atoms with E-state index < -0.39 is 5.72 Å². The van der Waals surface area contributed by atoms with Crippen LogP contribution in [0.2, 0.25) is 0 Å². The van der Waals surface area contributed by atoms with Crippen LogP contribution in [0.1, 0.15) is 6.42 Å². The fraction of sp³-hybridized carbons (Fsp3) is 0.750. The molecular formula is C8H14N2O2. The zero-order chi connectivity index (χ0) is 9.03. The molecule has 0 aromatic heterocycles. The van der Waals surface area contributed by atoms with Crippen molar-refractivity contribution in [3.8, 4) is 0 Å². The minimum Gasteiger partial charge on any atom is -0.357 e. The van der Waals surface area contributed by atoms with Crippen LogP contribution >= 0.6 is 0 Å². The van der Waals surface area contributed by atoms with Gasteiger partial charge in [-0.05, 0) is 13.3 Å². The summed E-state index contributed by atoms with van der Waals surface area (Å²) in [6, 6.07) is 0. The number of carbonyl (C=O) groups excluding carboxylic acids is 1. The molecule has 12 heavy (non-hydrogen) atoms. The van der Waals surface area contributed by atoms with E-state index in [-0.39, 0.29) is 0 Å². The third kappa shape index (κ3) is 1.44. The maximum absolute atomic E-state index is 10.6. The summed E-state index contributed by atoms with van der Waals surface area (Å²) in [5.74, 6) is 0. The van der Waals surface area contributed by atoms with Crippen molar-refractivity contribution >= 4 is 6.41 Å². The van der Waals surface area contributed by atoms with E-state index in [1.165, 1.54) is 4.90 Å². The van der Waals surface area contributed by atoms with E-state index >= 15 is 0 Å². The van der Waals surface area contributed by atoms with Crippen LogP contribution in [0, 0.1) is 6.92 Å². The van der Waals surface area contributed by atoms with Crippen molar-refractivity contribution in [2.45, 2.75) is 12.1 Å². The number of rotatable bonds is 3. The molecule has 2 radical (unpaired) electrons. The highest BCUT2D eigenvalue weighted by molar-refractivity contribution is 5.50. The second kappa shape index (κ2) is 3.87. The number of nitrogens with one attached hydrogen (secondary N) is 1. The average Bonchev–Trinajstić information content (AvgIpc) is 2.17. The average molecular weight is 170 g/mol. The van der Waals surface area contributed by atoms with Gasteiger partial charge in [0.25, 0.3) is 0 Å². The lowest BCUT2D eigenvalue weighted by Crippen LogP contribution is -2.61. The van der Waals surface area contributed by atoms with Gasteiger partial charge in [-0.1, -0.05) is 0 Å². The summed E-state index contributed by atoms with van der Waals surface area (Å²) in [4.78, 5) is 12.1. The minimum atomic E-state index is -0.583. The molecule has 0 aliphatic carbocycles. The van der Waals surface area contributed by atoms with Crippen LogP contribution in [0.15, 0.2) is 0 Å². The molecule has 0 aromatic carbocycles. The smallest absolute Gasteiger partial charge is 0.314 e. The minimum absolute atomic E-state index is 0.533. The summed E-state index contributed by atoms with van der Waals surface area (Å²) in [5, 5.41) is 3.16. The predicted octanol–water partition coefficient (Wildman–Crippen LogP) is -0.474. The molecule has 1 unspecified atom stereocenters. The van der Waals surface area contributed by atoms with Crippen LogP contribution in [0.5, 0.6) is 0 Å². The molecule has 0 bridgehead atoms. The lowest BCUT2D eigenvalue weighted by molar-refractivity contribution is -0.111. The van der Waals surface area contributed by atoms with Gasteiger partial charge in [-0.25, -0.2) is 0 Å². The molecule has 4 heteroatoms. The maximum atomic E-state index is 10.6. The van der Waals surface area contributed by atoms with E-state index in [2.05, 4.69) is 12.2 Å². The van der Waals surface area contributed by atoms with Crippen molar-refractivity contribution in [3.05, 3.63) is 6.92 Å². The number of hydrogen-bond acceptors (Lipinski definition) is 3. The summed E-state index contributed by atoms with van der Waals surface area (Å²) < 4.78 is 5.27. The van der Waals surface area contributed by atoms with Gasteiger partial charge < -0.3 is 15.0 Å². The van der Waals surface area contributed by atoms with Gasteiger partial charge in [-0.2, -0.15) is 0 Å². The molecule has 1 heterocycles. The highest BCUT2D eigenvalue weighted by Gasteiger charge is 2.37. The number of ether oxygens (including phenoxy) is 1. The zero-order valence-electron chi connectivity index (χ0n) is 7.30. The van der Waals surface area contributed by atoms with Crippen molar-refractivity contribution < 1.29 is 9.53 Å². The number of nitrogens with zero attached hydrogens (tertiary/aromatic N) is 1. The highest BCUT2D eigenvalue weighted by Crippen LogP contribution is 2.20. The number of hydrogen-bond donors (Lipinski definition) is 1. The zero-order valence-corrected chi connectivity index (χ0v) is 7.30. The number of methoxy groups -OCH3 is 1. The van der Waals surface area contributed by atoms with Crippen LogP contribution in [0.3, 0.4) is 0 Å². The van der Waals surface area contributed by atoms with Crippen molar-refractivity contribution in [1.82, 2.24) is 10.2 Å². The van der Waals surface area contributed by atoms with Gasteiger partial charge in [0.2, 0.25) is 0 Å². The molecule has 0 spiro atoms. The molecule has 68 valence electrons. The fourth-order valence-corrected chi connectivity index (χ4v) is 1.41. The Hall–Kier alpha value is -0.610. The molecule has 1 saturated heterocycles. The molecule has 1 amide bonds. The lowest BCUT2D eigenvalue weighted by Gasteiger charge is -2.43. The second-order valence-corrected chi connectivity index (χ2v) is 2.82. The maximum Gasteiger partial charge on any atom is 0.314 e. The summed E-state index contributed by atoms with van der Waals surface area (Å²) in [6.07, 6.45) is 2.41. The predicted molar refractivity (Wildman–Crippen MR) is 45.0 cm³/mol. The molecule has 4 nitrogen and oxygen atoms in total. The van der Waals surface area contributed by atoms with Gasteiger partial charge >= 0.3 is 6.41 Å². The van der Waals surface area contributed by atoms with E-state index in [9.17, 15) is 4.79 Å². The van der Waals surface area contributed by atoms with Crippen LogP contribution in [-0.2, 0) is 9.53 Å². The van der Waals surface area contributed by atoms with Gasteiger partial charge in [-0.15, -0.1) is 0 Å². The monoisotopic (exact) mass is 170 g/mol. The molecule has 1 aliphatic heterocycles. The second-order valence-electron chi connectivity index (χ2n) is 2.82. The third-order valence-electron chi connectivity index (χ3n) is 2.29. The van der Waals surface area contributed by atoms with E-state index in [4.69, 9.17) is 4.74 Å². The molecule has 1 rings (SSSR count). The van der Waals surface area contributed by atoms with Crippen molar-refractivity contribution in [2.24, 2.45) is 0 Å². The van der Waals surface area contributed by atoms with Crippen LogP contribution in [-0.4, -0.2) is 43.8 Å². The summed E-state index contributed by atoms with van der Waals surface area (Å²) >= 11 is 0. The standard InChI is InChI=1S/C8H14N2O2/c1-3-8(12-2)6-9-4-5-10(8)7-11/h9H,1,3-6H2,2H3. The van der Waals surface area contributed by atoms with Crippen molar-refractivity contribution in [2.75, 3.05) is 26.7 Å². The fourth-order valence-electron chi connectivity index (χ4n) is 1.41. The Morgan fingerprint density at radius 3 is 3.00 bits per heavy atom. The van der Waals surface area contributed by atoms with Crippen molar-refractivity contribution in [1.29, 1.82) is 0 Å². The molecule has 1 fully saturated rings. The Bertz CT molecular complexity index is 157. The lowest BCUT2D eigenvalue weighted by atomic mass is 10.1. The Labute approximate surface area is 72.9 Å². The van der Waals surface area contributed by atoms with E-state index in [1.807, 2.05) is 6.41 Å². The molecule has 0 aromatic rings. The van der Waals surface area contributed by atoms with Crippen LogP contribution in [0.4, 0.5) is 0 Å². The largest absolute Gasteiger partial charge is 0.357 e. The Kier molecular flexibility index (Phi) is 3.05. The van der Waals surface area contributed by atoms with Gasteiger partial charge in [0, 0.05) is 26.7 Å². The molecule has 1 N–H and O–H groups in total. The van der Waals surface area contributed by atoms with Crippen LogP contribution in [0.25, 0.3) is 0 Å². The first-order valence-electron chi connectivity index (χ1n) is 3.99. The first-order chi connectivity index (χ1) is 5.79. The Morgan fingerprint density at radius 2 is 2.58 bits per heavy atom. The SMILES string of the molecule is [CH2]CC1(OC)CNCCN1[C]=O. The Morgan fingerprint density at radius 1 is 1.83 bits per heavy atom. The Balaban J connectivity index is 2.72. The van der Waals surface area contributed by atoms with Crippen LogP contribution < -0.4 is 5.32 Å². The van der Waals surface area contributed by atoms with Gasteiger partial charge in [0.15, 0.2) is 5.72 Å². The molecular weight excluding hydrogens is 156 g/mol. The van der Waals surface area contributed by atoms with E-state index in [0.29, 0.717) is 19.5 Å². The summed E-state index contributed by atoms with van der Waals surface area (Å²) in [6.45, 7) is 5.82. The van der Waals surface area contributed by atoms with Crippen molar-refractivity contribution in [3.63, 3.8) is 0 Å². The summed E-state index contributed by atoms with van der Waals surface area (Å²) in [7, 11) is 1.59. The molecule has 0 saturated carbocycles. The molecule has 1 aliphatic rings. The third-order valence-corrected chi connectivity index (χ3v) is 2.29. The first-order valence-corrected chi connectivity index (χ1v) is 3.99. The number of piperazine rings is 1. The number of amides is 1. The molecule has 1 atom stereocenters. The van der Waals surface area contributed by atoms with Gasteiger partial charge in [-0.3, -0.25) is 4.79 Å².